The van der Waals surface area contributed by atoms with Crippen LogP contribution in [0.15, 0.2) is 60.3 Å². The predicted octanol–water partition coefficient (Wildman–Crippen LogP) is 4.75. The normalized spacial score (nSPS) is 10.7. The van der Waals surface area contributed by atoms with Crippen molar-refractivity contribution in [1.82, 2.24) is 0 Å². The van der Waals surface area contributed by atoms with E-state index in [9.17, 15) is 14.9 Å². The summed E-state index contributed by atoms with van der Waals surface area (Å²) in [5.41, 5.74) is 0.977. The van der Waals surface area contributed by atoms with Crippen LogP contribution in [0.25, 0.3) is 0 Å². The van der Waals surface area contributed by atoms with Crippen molar-refractivity contribution in [2.75, 3.05) is 17.2 Å². The lowest BCUT2D eigenvalue weighted by Gasteiger charge is -2.10. The molecule has 0 aliphatic heterocycles. The SMILES string of the molecule is CCCCOC(=O)c1ccccc1N/C=C(/C#N)C(=O)Nc1ccccc1Cl. The van der Waals surface area contributed by atoms with E-state index in [0.29, 0.717) is 28.6 Å². The summed E-state index contributed by atoms with van der Waals surface area (Å²) >= 11 is 6.01. The Labute approximate surface area is 168 Å². The van der Waals surface area contributed by atoms with E-state index in [-0.39, 0.29) is 5.57 Å². The van der Waals surface area contributed by atoms with Gasteiger partial charge in [-0.25, -0.2) is 4.79 Å². The Bertz CT molecular complexity index is 919. The number of carbonyl (C=O) groups is 2. The molecule has 1 amide bonds. The van der Waals surface area contributed by atoms with Crippen LogP contribution >= 0.6 is 11.6 Å². The average molecular weight is 398 g/mol. The molecular formula is C21H20ClN3O3. The number of carbonyl (C=O) groups excluding carboxylic acids is 2. The van der Waals surface area contributed by atoms with Gasteiger partial charge in [-0.3, -0.25) is 4.79 Å². The fourth-order valence-corrected chi connectivity index (χ4v) is 2.41. The number of hydrogen-bond acceptors (Lipinski definition) is 5. The quantitative estimate of drug-likeness (QED) is 0.290. The largest absolute Gasteiger partial charge is 0.462 e. The first-order valence-corrected chi connectivity index (χ1v) is 9.13. The summed E-state index contributed by atoms with van der Waals surface area (Å²) in [5.74, 6) is -1.09. The minimum Gasteiger partial charge on any atom is -0.462 e. The minimum absolute atomic E-state index is 0.172. The maximum absolute atomic E-state index is 12.3. The van der Waals surface area contributed by atoms with Crippen LogP contribution in [-0.2, 0) is 9.53 Å². The number of para-hydroxylation sites is 2. The van der Waals surface area contributed by atoms with Crippen molar-refractivity contribution >= 4 is 34.9 Å². The smallest absolute Gasteiger partial charge is 0.340 e. The molecule has 28 heavy (non-hydrogen) atoms. The van der Waals surface area contributed by atoms with Crippen molar-refractivity contribution < 1.29 is 14.3 Å². The van der Waals surface area contributed by atoms with E-state index in [4.69, 9.17) is 16.3 Å². The van der Waals surface area contributed by atoms with Gasteiger partial charge in [-0.1, -0.05) is 49.2 Å². The highest BCUT2D eigenvalue weighted by molar-refractivity contribution is 6.34. The molecule has 2 N–H and O–H groups in total. The number of rotatable bonds is 8. The lowest BCUT2D eigenvalue weighted by Crippen LogP contribution is -2.15. The third-order valence-corrected chi connectivity index (χ3v) is 4.07. The third kappa shape index (κ3) is 5.86. The number of nitrogens with one attached hydrogen (secondary N) is 2. The van der Waals surface area contributed by atoms with Gasteiger partial charge in [0.15, 0.2) is 0 Å². The molecule has 0 saturated carbocycles. The molecule has 0 spiro atoms. The topological polar surface area (TPSA) is 91.2 Å². The number of halogens is 1. The van der Waals surface area contributed by atoms with Crippen molar-refractivity contribution in [2.24, 2.45) is 0 Å². The summed E-state index contributed by atoms with van der Waals surface area (Å²) in [6.07, 6.45) is 2.94. The second-order valence-corrected chi connectivity index (χ2v) is 6.19. The summed E-state index contributed by atoms with van der Waals surface area (Å²) in [6.45, 7) is 2.34. The van der Waals surface area contributed by atoms with Crippen LogP contribution in [0.4, 0.5) is 11.4 Å². The molecule has 0 bridgehead atoms. The lowest BCUT2D eigenvalue weighted by molar-refractivity contribution is -0.112. The second kappa shape index (κ2) is 10.8. The number of hydrogen-bond donors (Lipinski definition) is 2. The fourth-order valence-electron chi connectivity index (χ4n) is 2.22. The molecule has 7 heteroatoms. The van der Waals surface area contributed by atoms with Crippen molar-refractivity contribution in [3.63, 3.8) is 0 Å². The zero-order valence-corrected chi connectivity index (χ0v) is 16.1. The third-order valence-electron chi connectivity index (χ3n) is 3.74. The Kier molecular flexibility index (Phi) is 8.07. The number of anilines is 2. The molecule has 0 saturated heterocycles. The van der Waals surface area contributed by atoms with E-state index in [2.05, 4.69) is 10.6 Å². The van der Waals surface area contributed by atoms with Gasteiger partial charge in [-0.05, 0) is 30.7 Å². The first-order valence-electron chi connectivity index (χ1n) is 8.75. The zero-order chi connectivity index (χ0) is 20.4. The summed E-state index contributed by atoms with van der Waals surface area (Å²) in [5, 5.41) is 15.1. The number of benzene rings is 2. The molecule has 2 aromatic rings. The van der Waals surface area contributed by atoms with Crippen LogP contribution in [-0.4, -0.2) is 18.5 Å². The molecule has 0 fully saturated rings. The molecule has 0 aliphatic carbocycles. The lowest BCUT2D eigenvalue weighted by atomic mass is 10.1. The van der Waals surface area contributed by atoms with E-state index in [0.717, 1.165) is 12.8 Å². The molecule has 144 valence electrons. The molecule has 2 aromatic carbocycles. The van der Waals surface area contributed by atoms with Gasteiger partial charge >= 0.3 is 5.97 Å². The van der Waals surface area contributed by atoms with Crippen LogP contribution in [0.3, 0.4) is 0 Å². The Balaban J connectivity index is 2.12. The molecule has 0 unspecified atom stereocenters. The Hall–Kier alpha value is -3.30. The number of amides is 1. The van der Waals surface area contributed by atoms with Gasteiger partial charge < -0.3 is 15.4 Å². The second-order valence-electron chi connectivity index (χ2n) is 5.78. The summed E-state index contributed by atoms with van der Waals surface area (Å²) in [6, 6.07) is 15.3. The monoisotopic (exact) mass is 397 g/mol. The fraction of sp³-hybridized carbons (Fsp3) is 0.190. The van der Waals surface area contributed by atoms with Crippen LogP contribution in [0.2, 0.25) is 5.02 Å². The maximum Gasteiger partial charge on any atom is 0.340 e. The van der Waals surface area contributed by atoms with Crippen molar-refractivity contribution in [3.05, 3.63) is 70.9 Å². The Morgan fingerprint density at radius 3 is 2.50 bits per heavy atom. The highest BCUT2D eigenvalue weighted by atomic mass is 35.5. The molecule has 0 aromatic heterocycles. The van der Waals surface area contributed by atoms with E-state index < -0.39 is 11.9 Å². The number of esters is 1. The molecule has 0 heterocycles. The van der Waals surface area contributed by atoms with Crippen LogP contribution in [0.5, 0.6) is 0 Å². The van der Waals surface area contributed by atoms with Crippen LogP contribution < -0.4 is 10.6 Å². The Morgan fingerprint density at radius 1 is 1.14 bits per heavy atom. The standard InChI is InChI=1S/C21H20ClN3O3/c1-2-3-12-28-21(27)16-8-4-6-10-18(16)24-14-15(13-23)20(26)25-19-11-7-5-9-17(19)22/h4-11,14,24H,2-3,12H2,1H3,(H,25,26)/b15-14-. The number of unbranched alkanes of at least 4 members (excludes halogenated alkanes) is 1. The van der Waals surface area contributed by atoms with E-state index >= 15 is 0 Å². The number of nitriles is 1. The molecular weight excluding hydrogens is 378 g/mol. The van der Waals surface area contributed by atoms with E-state index in [1.807, 2.05) is 13.0 Å². The predicted molar refractivity (Wildman–Crippen MR) is 109 cm³/mol. The van der Waals surface area contributed by atoms with Crippen LogP contribution in [0, 0.1) is 11.3 Å². The van der Waals surface area contributed by atoms with Gasteiger partial charge in [0.1, 0.15) is 11.6 Å². The molecule has 0 radical (unpaired) electrons. The summed E-state index contributed by atoms with van der Waals surface area (Å²) in [4.78, 5) is 24.5. The van der Waals surface area contributed by atoms with Gasteiger partial charge in [-0.15, -0.1) is 0 Å². The summed E-state index contributed by atoms with van der Waals surface area (Å²) in [7, 11) is 0. The first kappa shape index (κ1) is 21.0. The van der Waals surface area contributed by atoms with Gasteiger partial charge in [-0.2, -0.15) is 5.26 Å². The van der Waals surface area contributed by atoms with Crippen LogP contribution in [0.1, 0.15) is 30.1 Å². The first-order chi connectivity index (χ1) is 13.6. The van der Waals surface area contributed by atoms with E-state index in [1.54, 1.807) is 48.5 Å². The highest BCUT2D eigenvalue weighted by Crippen LogP contribution is 2.21. The highest BCUT2D eigenvalue weighted by Gasteiger charge is 2.14. The molecule has 0 atom stereocenters. The molecule has 6 nitrogen and oxygen atoms in total. The minimum atomic E-state index is -0.619. The van der Waals surface area contributed by atoms with Gasteiger partial charge in [0, 0.05) is 6.20 Å². The van der Waals surface area contributed by atoms with Crippen molar-refractivity contribution in [3.8, 4) is 6.07 Å². The average Bonchev–Trinajstić information content (AvgIpc) is 2.70. The van der Waals surface area contributed by atoms with Crippen molar-refractivity contribution in [1.29, 1.82) is 5.26 Å². The zero-order valence-electron chi connectivity index (χ0n) is 15.4. The number of ether oxygens (including phenoxy) is 1. The molecule has 0 aliphatic rings. The maximum atomic E-state index is 12.3. The van der Waals surface area contributed by atoms with Gasteiger partial charge in [0.25, 0.3) is 5.91 Å². The van der Waals surface area contributed by atoms with Crippen molar-refractivity contribution in [2.45, 2.75) is 19.8 Å². The Morgan fingerprint density at radius 2 is 1.82 bits per heavy atom. The summed E-state index contributed by atoms with van der Waals surface area (Å²) < 4.78 is 5.22. The number of nitrogens with zero attached hydrogens (tertiary/aromatic N) is 1. The van der Waals surface area contributed by atoms with Gasteiger partial charge in [0.2, 0.25) is 0 Å². The van der Waals surface area contributed by atoms with E-state index in [1.165, 1.54) is 6.20 Å². The molecule has 2 rings (SSSR count). The van der Waals surface area contributed by atoms with Gasteiger partial charge in [0.05, 0.1) is 28.6 Å².